The molecule has 1 atom stereocenters. The number of carboxylic acid groups (broad SMARTS) is 2. The van der Waals surface area contributed by atoms with Crippen LogP contribution in [0.3, 0.4) is 0 Å². The molecule has 1 aliphatic heterocycles. The van der Waals surface area contributed by atoms with Gasteiger partial charge in [0.05, 0.1) is 24.0 Å². The summed E-state index contributed by atoms with van der Waals surface area (Å²) in [6, 6.07) is 6.37. The molecule has 0 radical (unpaired) electrons. The van der Waals surface area contributed by atoms with Crippen molar-refractivity contribution >= 4 is 22.8 Å². The molecule has 4 rings (SSSR count). The number of hydrogen-bond acceptors (Lipinski definition) is 5. The van der Waals surface area contributed by atoms with Crippen LogP contribution in [0.15, 0.2) is 35.3 Å². The Morgan fingerprint density at radius 3 is 2.63 bits per heavy atom. The van der Waals surface area contributed by atoms with Gasteiger partial charge in [0.1, 0.15) is 16.8 Å². The van der Waals surface area contributed by atoms with E-state index in [4.69, 9.17) is 9.84 Å². The van der Waals surface area contributed by atoms with Gasteiger partial charge in [-0.15, -0.1) is 0 Å². The van der Waals surface area contributed by atoms with Crippen LogP contribution < -0.4 is 10.2 Å². The predicted molar refractivity (Wildman–Crippen MR) is 108 cm³/mol. The smallest absolute Gasteiger partial charge is 0.341 e. The summed E-state index contributed by atoms with van der Waals surface area (Å²) < 4.78 is 9.01. The van der Waals surface area contributed by atoms with E-state index in [1.165, 1.54) is 12.3 Å². The van der Waals surface area contributed by atoms with E-state index >= 15 is 0 Å². The van der Waals surface area contributed by atoms with Gasteiger partial charge in [0.2, 0.25) is 0 Å². The van der Waals surface area contributed by atoms with Crippen LogP contribution in [-0.2, 0) is 11.3 Å². The van der Waals surface area contributed by atoms with E-state index in [-0.39, 0.29) is 17.0 Å². The van der Waals surface area contributed by atoms with Crippen LogP contribution in [0, 0.1) is 5.41 Å². The normalized spacial score (nSPS) is 15.5. The lowest BCUT2D eigenvalue weighted by atomic mass is 9.85. The number of carbonyl (C=O) groups is 2. The molecule has 30 heavy (non-hydrogen) atoms. The summed E-state index contributed by atoms with van der Waals surface area (Å²) in [5.41, 5.74) is 0.607. The van der Waals surface area contributed by atoms with Gasteiger partial charge in [-0.1, -0.05) is 32.9 Å². The number of nitrogens with zero attached hydrogens (tertiary/aromatic N) is 3. The summed E-state index contributed by atoms with van der Waals surface area (Å²) in [5, 5.41) is 23.7. The van der Waals surface area contributed by atoms with Gasteiger partial charge >= 0.3 is 11.9 Å². The highest BCUT2D eigenvalue weighted by Crippen LogP contribution is 2.42. The Morgan fingerprint density at radius 1 is 1.27 bits per heavy atom. The summed E-state index contributed by atoms with van der Waals surface area (Å²) >= 11 is 0. The summed E-state index contributed by atoms with van der Waals surface area (Å²) in [7, 11) is 0. The van der Waals surface area contributed by atoms with Gasteiger partial charge in [-0.3, -0.25) is 9.48 Å². The van der Waals surface area contributed by atoms with Crippen LogP contribution >= 0.6 is 0 Å². The second-order valence-electron chi connectivity index (χ2n) is 8.40. The molecule has 2 aromatic heterocycles. The monoisotopic (exact) mass is 411 g/mol. The van der Waals surface area contributed by atoms with E-state index < -0.39 is 24.0 Å². The summed E-state index contributed by atoms with van der Waals surface area (Å²) in [6.07, 6.45) is 1.41. The maximum atomic E-state index is 12.5. The third-order valence-corrected chi connectivity index (χ3v) is 5.32. The molecule has 2 N–H and O–H groups in total. The van der Waals surface area contributed by atoms with Gasteiger partial charge in [0.15, 0.2) is 12.0 Å². The Bertz CT molecular complexity index is 1250. The fraction of sp³-hybridized carbons (Fsp3) is 0.333. The molecule has 3 aromatic rings. The molecule has 9 nitrogen and oxygen atoms in total. The van der Waals surface area contributed by atoms with Crippen molar-refractivity contribution in [1.29, 1.82) is 0 Å². The van der Waals surface area contributed by atoms with E-state index in [1.54, 1.807) is 16.8 Å². The van der Waals surface area contributed by atoms with Gasteiger partial charge in [-0.2, -0.15) is 5.10 Å². The maximum Gasteiger partial charge on any atom is 0.341 e. The molecule has 0 saturated carbocycles. The fourth-order valence-corrected chi connectivity index (χ4v) is 3.89. The quantitative estimate of drug-likeness (QED) is 0.676. The van der Waals surface area contributed by atoms with E-state index in [1.807, 2.05) is 31.4 Å². The lowest BCUT2D eigenvalue weighted by Crippen LogP contribution is -2.35. The second-order valence-corrected chi connectivity index (χ2v) is 8.40. The van der Waals surface area contributed by atoms with Crippen LogP contribution in [-0.4, -0.2) is 43.1 Å². The average molecular weight is 411 g/mol. The first-order valence-electron chi connectivity index (χ1n) is 9.42. The zero-order chi connectivity index (χ0) is 21.8. The first-order chi connectivity index (χ1) is 14.1. The number of fused-ring (bicyclic) bond motifs is 5. The topological polar surface area (TPSA) is 124 Å². The molecule has 0 amide bonds. The first-order valence-corrected chi connectivity index (χ1v) is 9.42. The van der Waals surface area contributed by atoms with Crippen molar-refractivity contribution in [2.45, 2.75) is 33.4 Å². The predicted octanol–water partition coefficient (Wildman–Crippen LogP) is 2.63. The molecule has 1 aliphatic rings. The van der Waals surface area contributed by atoms with Gasteiger partial charge in [-0.05, 0) is 11.5 Å². The van der Waals surface area contributed by atoms with Crippen LogP contribution in [0.4, 0.5) is 0 Å². The largest absolute Gasteiger partial charge is 0.480 e. The number of aromatic carboxylic acids is 1. The lowest BCUT2D eigenvalue weighted by molar-refractivity contribution is -0.139. The molecular formula is C21H21N3O6. The molecule has 0 saturated heterocycles. The van der Waals surface area contributed by atoms with Crippen LogP contribution in [0.5, 0.6) is 5.75 Å². The van der Waals surface area contributed by atoms with E-state index in [0.717, 1.165) is 0 Å². The molecule has 1 aromatic carbocycles. The standard InChI is InChI=1S/C21H21N3O6/c1-21(2,3)16-9-24-19(13-7-14(25)12(20(28)29)8-23(13)16)11-5-4-6-15(18(11)22-24)30-10-17(26)27/h4-8,16H,9-10H2,1-3H3,(H,26,27)(H,28,29). The Balaban J connectivity index is 1.99. The zero-order valence-corrected chi connectivity index (χ0v) is 16.7. The molecule has 0 spiro atoms. The van der Waals surface area contributed by atoms with Gasteiger partial charge in [0.25, 0.3) is 0 Å². The van der Waals surface area contributed by atoms with Crippen LogP contribution in [0.25, 0.3) is 22.3 Å². The van der Waals surface area contributed by atoms with E-state index in [0.29, 0.717) is 34.6 Å². The minimum Gasteiger partial charge on any atom is -0.480 e. The van der Waals surface area contributed by atoms with Crippen molar-refractivity contribution in [3.63, 3.8) is 0 Å². The SMILES string of the molecule is CC(C)(C)C1Cn2nc3c(OCC(=O)O)cccc3c2-c2cc(=O)c(C(=O)O)cn21. The van der Waals surface area contributed by atoms with Crippen molar-refractivity contribution in [3.05, 3.63) is 46.2 Å². The molecule has 1 unspecified atom stereocenters. The van der Waals surface area contributed by atoms with Gasteiger partial charge < -0.3 is 19.5 Å². The summed E-state index contributed by atoms with van der Waals surface area (Å²) in [6.45, 7) is 6.07. The third-order valence-electron chi connectivity index (χ3n) is 5.32. The Morgan fingerprint density at radius 2 is 2.00 bits per heavy atom. The van der Waals surface area contributed by atoms with Crippen molar-refractivity contribution in [2.75, 3.05) is 6.61 Å². The molecule has 0 bridgehead atoms. The van der Waals surface area contributed by atoms with Crippen molar-refractivity contribution in [1.82, 2.24) is 14.3 Å². The molecule has 3 heterocycles. The number of aromatic nitrogens is 3. The van der Waals surface area contributed by atoms with E-state index in [2.05, 4.69) is 5.10 Å². The van der Waals surface area contributed by atoms with Crippen LogP contribution in [0.2, 0.25) is 0 Å². The number of rotatable bonds is 4. The molecule has 0 fully saturated rings. The molecule has 156 valence electrons. The average Bonchev–Trinajstić information content (AvgIpc) is 3.03. The highest BCUT2D eigenvalue weighted by molar-refractivity contribution is 5.97. The van der Waals surface area contributed by atoms with Crippen molar-refractivity contribution in [3.8, 4) is 17.1 Å². The number of hydrogen-bond donors (Lipinski definition) is 2. The number of ether oxygens (including phenoxy) is 1. The molecular weight excluding hydrogens is 390 g/mol. The Hall–Kier alpha value is -3.62. The number of pyridine rings is 1. The van der Waals surface area contributed by atoms with Gasteiger partial charge in [0, 0.05) is 17.6 Å². The number of benzene rings is 1. The summed E-state index contributed by atoms with van der Waals surface area (Å²) in [4.78, 5) is 34.9. The number of carboxylic acids is 2. The minimum absolute atomic E-state index is 0.156. The summed E-state index contributed by atoms with van der Waals surface area (Å²) in [5.74, 6) is -2.03. The highest BCUT2D eigenvalue weighted by atomic mass is 16.5. The highest BCUT2D eigenvalue weighted by Gasteiger charge is 2.35. The lowest BCUT2D eigenvalue weighted by Gasteiger charge is -2.38. The maximum absolute atomic E-state index is 12.5. The zero-order valence-electron chi connectivity index (χ0n) is 16.7. The van der Waals surface area contributed by atoms with Crippen molar-refractivity contribution in [2.24, 2.45) is 5.41 Å². The third kappa shape index (κ3) is 3.12. The minimum atomic E-state index is -1.27. The van der Waals surface area contributed by atoms with E-state index in [9.17, 15) is 19.5 Å². The second kappa shape index (κ2) is 6.72. The van der Waals surface area contributed by atoms with Gasteiger partial charge in [-0.25, -0.2) is 9.59 Å². The van der Waals surface area contributed by atoms with Crippen molar-refractivity contribution < 1.29 is 24.5 Å². The Kier molecular flexibility index (Phi) is 4.41. The molecule has 9 heteroatoms. The Labute approximate surface area is 171 Å². The first kappa shape index (κ1) is 19.7. The molecule has 0 aliphatic carbocycles. The fourth-order valence-electron chi connectivity index (χ4n) is 3.89. The number of aliphatic carboxylic acids is 1. The van der Waals surface area contributed by atoms with Crippen LogP contribution in [0.1, 0.15) is 37.2 Å².